The molecule has 0 aliphatic heterocycles. The minimum atomic E-state index is -3.17. The van der Waals surface area contributed by atoms with E-state index in [0.717, 1.165) is 109 Å². The fourth-order valence-corrected chi connectivity index (χ4v) is 16.6. The third-order valence-electron chi connectivity index (χ3n) is 17.2. The van der Waals surface area contributed by atoms with E-state index in [1.54, 1.807) is 0 Å². The Balaban J connectivity index is 1.42. The first-order valence-corrected chi connectivity index (χ1v) is 30.6. The lowest BCUT2D eigenvalue weighted by Gasteiger charge is -2.44. The van der Waals surface area contributed by atoms with Crippen LogP contribution in [0.2, 0.25) is 0 Å². The molecule has 0 aliphatic carbocycles. The zero-order valence-corrected chi connectivity index (χ0v) is 50.1. The molecule has 0 radical (unpaired) electrons. The summed E-state index contributed by atoms with van der Waals surface area (Å²) in [5.74, 6) is 0.579. The van der Waals surface area contributed by atoms with Crippen LogP contribution >= 0.6 is 10.0 Å². The van der Waals surface area contributed by atoms with Crippen molar-refractivity contribution in [2.45, 2.75) is 75.0 Å². The molecule has 0 fully saturated rings. The van der Waals surface area contributed by atoms with E-state index in [-0.39, 0.29) is 23.0 Å². The molecule has 0 amide bonds. The molecule has 12 rings (SSSR count). The average molecular weight is 1130 g/mol. The normalized spacial score (nSPS) is 11.7. The summed E-state index contributed by atoms with van der Waals surface area (Å²) in [6, 6.07) is 83.4. The van der Waals surface area contributed by atoms with E-state index < -0.39 is 10.0 Å². The van der Waals surface area contributed by atoms with E-state index in [0.29, 0.717) is 44.5 Å². The number of benzene rings is 12. The lowest BCUT2D eigenvalue weighted by atomic mass is 9.93. The zero-order valence-electron chi connectivity index (χ0n) is 49.3. The van der Waals surface area contributed by atoms with Crippen LogP contribution in [0.5, 0.6) is 23.0 Å². The molecule has 0 saturated heterocycles. The summed E-state index contributed by atoms with van der Waals surface area (Å²) in [6.07, 6.45) is 0. The fourth-order valence-electron chi connectivity index (χ4n) is 12.6. The monoisotopic (exact) mass is 1120 g/mol. The Morgan fingerprint density at radius 1 is 0.176 bits per heavy atom. The predicted octanol–water partition coefficient (Wildman–Crippen LogP) is 21.7. The Bertz CT molecular complexity index is 3730. The molecule has 418 valence electrons. The van der Waals surface area contributed by atoms with Gasteiger partial charge in [-0.15, -0.1) is 10.0 Å². The molecule has 5 heteroatoms. The molecule has 4 nitrogen and oxygen atoms in total. The molecule has 0 heterocycles. The molecule has 12 aromatic rings. The summed E-state index contributed by atoms with van der Waals surface area (Å²) < 4.78 is 0. The highest BCUT2D eigenvalue weighted by Crippen LogP contribution is 2.77. The molecule has 0 unspecified atom stereocenters. The van der Waals surface area contributed by atoms with Crippen LogP contribution in [0.15, 0.2) is 262 Å². The van der Waals surface area contributed by atoms with Crippen LogP contribution in [0.25, 0.3) is 89.0 Å². The maximum absolute atomic E-state index is 13.3. The molecule has 0 aliphatic rings. The molecular weight excluding hydrogens is 1060 g/mol. The molecule has 4 N–H and O–H groups in total. The van der Waals surface area contributed by atoms with E-state index in [4.69, 9.17) is 0 Å². The van der Waals surface area contributed by atoms with Crippen LogP contribution in [-0.4, -0.2) is 20.4 Å². The van der Waals surface area contributed by atoms with E-state index in [9.17, 15) is 20.4 Å². The van der Waals surface area contributed by atoms with Gasteiger partial charge in [0.25, 0.3) is 0 Å². The molecule has 12 aromatic carbocycles. The SMILES string of the molecule is Cc1ccccc1-c1cc(S(c2cc(-c3ccccc3C)c(O)c(-c3ccccc3C)c2)(c2cc(-c3ccccc3C)c(O)c(-c3ccccc3C)c2)c2cc(-c3ccccc3C)c(O)c(-c3ccccc3C)c2)cc(-c2ccccc2C)c1O. The van der Waals surface area contributed by atoms with Crippen LogP contribution in [0, 0.1) is 55.4 Å². The average Bonchev–Trinajstić information content (AvgIpc) is 1.34. The topological polar surface area (TPSA) is 80.9 Å². The molecule has 0 atom stereocenters. The van der Waals surface area contributed by atoms with Crippen molar-refractivity contribution in [2.24, 2.45) is 0 Å². The molecule has 85 heavy (non-hydrogen) atoms. The Morgan fingerprint density at radius 3 is 0.412 bits per heavy atom. The summed E-state index contributed by atoms with van der Waals surface area (Å²) >= 11 is 0. The second-order valence-corrected chi connectivity index (χ2v) is 25.7. The van der Waals surface area contributed by atoms with Gasteiger partial charge in [0.15, 0.2) is 0 Å². The van der Waals surface area contributed by atoms with Gasteiger partial charge in [-0.3, -0.25) is 0 Å². The van der Waals surface area contributed by atoms with Crippen LogP contribution < -0.4 is 0 Å². The second kappa shape index (κ2) is 22.7. The first-order valence-electron chi connectivity index (χ1n) is 28.9. The second-order valence-electron chi connectivity index (χ2n) is 22.6. The highest BCUT2D eigenvalue weighted by atomic mass is 32.3. The number of phenolic OH excluding ortho intramolecular Hbond substituents is 4. The Morgan fingerprint density at radius 2 is 0.294 bits per heavy atom. The minimum absolute atomic E-state index is 0.145. The van der Waals surface area contributed by atoms with Gasteiger partial charge in [0.05, 0.1) is 0 Å². The molecular formula is C80H68O4S. The summed E-state index contributed by atoms with van der Waals surface area (Å²) in [6.45, 7) is 16.7. The van der Waals surface area contributed by atoms with E-state index >= 15 is 0 Å². The van der Waals surface area contributed by atoms with Gasteiger partial charge in [0.1, 0.15) is 23.0 Å². The van der Waals surface area contributed by atoms with Crippen molar-refractivity contribution >= 4 is 10.0 Å². The van der Waals surface area contributed by atoms with Crippen LogP contribution in [-0.2, 0) is 0 Å². The van der Waals surface area contributed by atoms with Gasteiger partial charge in [-0.2, -0.15) is 0 Å². The van der Waals surface area contributed by atoms with Gasteiger partial charge in [-0.1, -0.05) is 194 Å². The highest BCUT2D eigenvalue weighted by Gasteiger charge is 2.40. The summed E-state index contributed by atoms with van der Waals surface area (Å²) in [5.41, 5.74) is 20.1. The lowest BCUT2D eigenvalue weighted by molar-refractivity contribution is 0.478. The van der Waals surface area contributed by atoms with Crippen LogP contribution in [0.4, 0.5) is 0 Å². The number of aromatic hydroxyl groups is 4. The highest BCUT2D eigenvalue weighted by molar-refractivity contribution is 8.34. The Kier molecular flexibility index (Phi) is 14.9. The quantitative estimate of drug-likeness (QED) is 0.0983. The lowest BCUT2D eigenvalue weighted by Crippen LogP contribution is -2.09. The number of hydrogen-bond donors (Lipinski definition) is 4. The maximum Gasteiger partial charge on any atom is 0.131 e. The van der Waals surface area contributed by atoms with Crippen molar-refractivity contribution in [3.8, 4) is 112 Å². The van der Waals surface area contributed by atoms with Gasteiger partial charge in [-0.05, 0) is 193 Å². The molecule has 0 saturated carbocycles. The first-order chi connectivity index (χ1) is 41.1. The van der Waals surface area contributed by atoms with Crippen LogP contribution in [0.1, 0.15) is 44.5 Å². The smallest absolute Gasteiger partial charge is 0.131 e. The van der Waals surface area contributed by atoms with Gasteiger partial charge >= 0.3 is 0 Å². The number of rotatable bonds is 12. The first kappa shape index (κ1) is 55.7. The van der Waals surface area contributed by atoms with Crippen molar-refractivity contribution in [2.75, 3.05) is 0 Å². The standard InChI is InChI=1S/C80H68O4S/c1-49-25-9-17-33-61(49)69-41-57(42-70(77(69)81)62-34-18-10-26-50(62)2)85(58-43-71(63-35-19-11-27-51(63)3)78(82)72(44-58)64-36-20-12-28-52(64)4,59-45-73(65-37-21-13-29-53(65)5)79(83)74(46-59)66-38-22-14-30-54(66)6)60-47-75(67-39-23-15-31-55(67)7)80(84)76(48-60)68-40-24-16-32-56(68)8/h9-48,81-84H,1-8H3. The Hall–Kier alpha value is -9.81. The predicted molar refractivity (Wildman–Crippen MR) is 354 cm³/mol. The van der Waals surface area contributed by atoms with Crippen molar-refractivity contribution in [3.63, 3.8) is 0 Å². The van der Waals surface area contributed by atoms with Crippen molar-refractivity contribution in [3.05, 3.63) is 287 Å². The number of hydrogen-bond acceptors (Lipinski definition) is 4. The van der Waals surface area contributed by atoms with Gasteiger partial charge < -0.3 is 20.4 Å². The molecule has 0 aromatic heterocycles. The van der Waals surface area contributed by atoms with Crippen molar-refractivity contribution < 1.29 is 20.4 Å². The van der Waals surface area contributed by atoms with Crippen molar-refractivity contribution in [1.29, 1.82) is 0 Å². The third-order valence-corrected chi connectivity index (χ3v) is 21.0. The summed E-state index contributed by atoms with van der Waals surface area (Å²) in [4.78, 5) is 3.48. The Labute approximate surface area is 501 Å². The third kappa shape index (κ3) is 9.84. The van der Waals surface area contributed by atoms with E-state index in [1.165, 1.54) is 0 Å². The number of aryl methyl sites for hydroxylation is 8. The number of phenols is 4. The summed E-state index contributed by atoms with van der Waals surface area (Å²) in [7, 11) is -3.17. The zero-order chi connectivity index (χ0) is 59.3. The van der Waals surface area contributed by atoms with E-state index in [1.807, 2.05) is 97.1 Å². The molecule has 0 bridgehead atoms. The molecule has 0 spiro atoms. The van der Waals surface area contributed by atoms with Gasteiger partial charge in [0.2, 0.25) is 0 Å². The van der Waals surface area contributed by atoms with E-state index in [2.05, 4.69) is 201 Å². The van der Waals surface area contributed by atoms with Crippen LogP contribution in [0.3, 0.4) is 0 Å². The largest absolute Gasteiger partial charge is 0.507 e. The minimum Gasteiger partial charge on any atom is -0.507 e. The fraction of sp³-hybridized carbons (Fsp3) is 0.100. The van der Waals surface area contributed by atoms with Crippen molar-refractivity contribution in [1.82, 2.24) is 0 Å². The summed E-state index contributed by atoms with van der Waals surface area (Å²) in [5, 5.41) is 53.2. The van der Waals surface area contributed by atoms with Gasteiger partial charge in [-0.25, -0.2) is 0 Å². The van der Waals surface area contributed by atoms with Gasteiger partial charge in [0, 0.05) is 64.1 Å². The maximum atomic E-state index is 13.3.